The third-order valence-corrected chi connectivity index (χ3v) is 10.7. The minimum atomic E-state index is -1.79. The van der Waals surface area contributed by atoms with Gasteiger partial charge in [0.15, 0.2) is 12.6 Å². The van der Waals surface area contributed by atoms with Crippen molar-refractivity contribution in [1.29, 1.82) is 0 Å². The zero-order chi connectivity index (χ0) is 44.0. The Balaban J connectivity index is 1.91. The van der Waals surface area contributed by atoms with Gasteiger partial charge in [-0.3, -0.25) is 4.79 Å². The van der Waals surface area contributed by atoms with Crippen LogP contribution in [0.5, 0.6) is 0 Å². The van der Waals surface area contributed by atoms with Gasteiger partial charge in [-0.1, -0.05) is 113 Å². The van der Waals surface area contributed by atoms with E-state index in [9.17, 15) is 45.6 Å². The summed E-state index contributed by atoms with van der Waals surface area (Å²) < 4.78 is 22.6. The highest BCUT2D eigenvalue weighted by Crippen LogP contribution is 2.30. The molecule has 2 heterocycles. The molecule has 14 heteroatoms. The van der Waals surface area contributed by atoms with Gasteiger partial charge in [-0.05, 0) is 70.6 Å². The first-order chi connectivity index (χ1) is 29.1. The minimum absolute atomic E-state index is 0.251. The van der Waals surface area contributed by atoms with Crippen molar-refractivity contribution in [3.05, 3.63) is 60.8 Å². The smallest absolute Gasteiger partial charge is 0.220 e. The Morgan fingerprint density at radius 3 is 1.80 bits per heavy atom. The Morgan fingerprint density at radius 1 is 0.617 bits per heavy atom. The molecule has 9 N–H and O–H groups in total. The molecule has 2 aliphatic heterocycles. The summed E-state index contributed by atoms with van der Waals surface area (Å²) in [6, 6.07) is -0.944. The van der Waals surface area contributed by atoms with E-state index in [1.165, 1.54) is 25.7 Å². The van der Waals surface area contributed by atoms with Crippen molar-refractivity contribution in [3.8, 4) is 0 Å². The second kappa shape index (κ2) is 33.3. The average Bonchev–Trinajstić information content (AvgIpc) is 3.24. The third-order valence-electron chi connectivity index (χ3n) is 10.7. The van der Waals surface area contributed by atoms with Crippen LogP contribution in [0.25, 0.3) is 0 Å². The fraction of sp³-hybridized carbons (Fsp3) is 0.761. The number of hydrogen-bond acceptors (Lipinski definition) is 13. The van der Waals surface area contributed by atoms with E-state index in [-0.39, 0.29) is 18.9 Å². The molecule has 0 aromatic rings. The highest BCUT2D eigenvalue weighted by atomic mass is 16.7. The molecule has 2 rings (SSSR count). The molecule has 2 fully saturated rings. The second-order valence-electron chi connectivity index (χ2n) is 15.8. The predicted molar refractivity (Wildman–Crippen MR) is 230 cm³/mol. The summed E-state index contributed by atoms with van der Waals surface area (Å²) in [5.41, 5.74) is 0. The van der Waals surface area contributed by atoms with Gasteiger partial charge < -0.3 is 65.1 Å². The van der Waals surface area contributed by atoms with Crippen molar-refractivity contribution in [2.24, 2.45) is 0 Å². The molecule has 12 unspecified atom stereocenters. The molecular weight excluding hydrogens is 774 g/mol. The lowest BCUT2D eigenvalue weighted by Gasteiger charge is -2.46. The Labute approximate surface area is 358 Å². The van der Waals surface area contributed by atoms with Crippen LogP contribution >= 0.6 is 0 Å². The maximum atomic E-state index is 13.1. The SMILES string of the molecule is CC/C=C/CC/C=C/CC/C=C/C(O)C(COC1OC(CO)C(OC2OC(CO)C(O)C(O)C2O)C(O)C1O)NC(=O)CCCCCCC/C=C\C/C=C\CCCCCC. The van der Waals surface area contributed by atoms with E-state index in [1.54, 1.807) is 6.08 Å². The number of allylic oxidation sites excluding steroid dienone is 9. The quantitative estimate of drug-likeness (QED) is 0.0340. The molecule has 346 valence electrons. The van der Waals surface area contributed by atoms with Gasteiger partial charge >= 0.3 is 0 Å². The first kappa shape index (κ1) is 53.8. The molecule has 14 nitrogen and oxygen atoms in total. The second-order valence-corrected chi connectivity index (χ2v) is 15.8. The normalized spacial score (nSPS) is 28.8. The van der Waals surface area contributed by atoms with E-state index >= 15 is 0 Å². The maximum absolute atomic E-state index is 13.1. The zero-order valence-electron chi connectivity index (χ0n) is 36.2. The molecular formula is C46H79NO13. The van der Waals surface area contributed by atoms with Crippen molar-refractivity contribution in [1.82, 2.24) is 5.32 Å². The Morgan fingerprint density at radius 2 is 1.17 bits per heavy atom. The lowest BCUT2D eigenvalue weighted by molar-refractivity contribution is -0.359. The molecule has 60 heavy (non-hydrogen) atoms. The number of hydrogen-bond donors (Lipinski definition) is 9. The van der Waals surface area contributed by atoms with Gasteiger partial charge in [-0.2, -0.15) is 0 Å². The van der Waals surface area contributed by atoms with E-state index in [0.717, 1.165) is 70.6 Å². The summed E-state index contributed by atoms with van der Waals surface area (Å²) >= 11 is 0. The molecule has 0 bridgehead atoms. The third kappa shape index (κ3) is 21.2. The van der Waals surface area contributed by atoms with Gasteiger partial charge in [-0.15, -0.1) is 0 Å². The maximum Gasteiger partial charge on any atom is 0.220 e. The Hall–Kier alpha value is -2.31. The number of rotatable bonds is 32. The van der Waals surface area contributed by atoms with Crippen LogP contribution in [-0.2, 0) is 23.7 Å². The Kier molecular flexibility index (Phi) is 29.9. The Bertz CT molecular complexity index is 1240. The number of amides is 1. The fourth-order valence-electron chi connectivity index (χ4n) is 6.94. The van der Waals surface area contributed by atoms with E-state index in [1.807, 2.05) is 6.08 Å². The van der Waals surface area contributed by atoms with Crippen LogP contribution in [0.15, 0.2) is 60.8 Å². The first-order valence-corrected chi connectivity index (χ1v) is 22.5. The predicted octanol–water partition coefficient (Wildman–Crippen LogP) is 4.32. The van der Waals surface area contributed by atoms with Gasteiger partial charge in [0.25, 0.3) is 0 Å². The minimum Gasteiger partial charge on any atom is -0.394 e. The lowest BCUT2D eigenvalue weighted by atomic mass is 9.97. The van der Waals surface area contributed by atoms with Crippen molar-refractivity contribution in [2.45, 2.75) is 203 Å². The summed E-state index contributed by atoms with van der Waals surface area (Å²) in [6.45, 7) is 2.56. The highest BCUT2D eigenvalue weighted by Gasteiger charge is 2.50. The fourth-order valence-corrected chi connectivity index (χ4v) is 6.94. The van der Waals surface area contributed by atoms with Gasteiger partial charge in [-0.25, -0.2) is 0 Å². The average molecular weight is 854 g/mol. The van der Waals surface area contributed by atoms with Crippen molar-refractivity contribution in [2.75, 3.05) is 19.8 Å². The number of carbonyl (C=O) groups is 1. The monoisotopic (exact) mass is 854 g/mol. The number of nitrogens with one attached hydrogen (secondary N) is 1. The molecule has 1 amide bonds. The molecule has 0 saturated carbocycles. The number of aliphatic hydroxyl groups is 8. The number of carbonyl (C=O) groups excluding carboxylic acids is 1. The number of aliphatic hydroxyl groups excluding tert-OH is 8. The molecule has 0 aromatic heterocycles. The molecule has 0 aromatic carbocycles. The van der Waals surface area contributed by atoms with Crippen LogP contribution in [0.4, 0.5) is 0 Å². The lowest BCUT2D eigenvalue weighted by Crippen LogP contribution is -2.65. The molecule has 0 spiro atoms. The summed E-state index contributed by atoms with van der Waals surface area (Å²) in [4.78, 5) is 13.1. The molecule has 0 aliphatic carbocycles. The molecule has 12 atom stereocenters. The summed E-state index contributed by atoms with van der Waals surface area (Å²) in [7, 11) is 0. The molecule has 0 radical (unpaired) electrons. The van der Waals surface area contributed by atoms with Crippen LogP contribution in [-0.4, -0.2) is 140 Å². The number of unbranched alkanes of at least 4 members (excludes halogenated alkanes) is 11. The molecule has 2 saturated heterocycles. The first-order valence-electron chi connectivity index (χ1n) is 22.5. The van der Waals surface area contributed by atoms with Crippen LogP contribution in [0.3, 0.4) is 0 Å². The summed E-state index contributed by atoms with van der Waals surface area (Å²) in [5.74, 6) is -0.274. The van der Waals surface area contributed by atoms with Gasteiger partial charge in [0, 0.05) is 6.42 Å². The highest BCUT2D eigenvalue weighted by molar-refractivity contribution is 5.76. The molecule has 2 aliphatic rings. The number of ether oxygens (including phenoxy) is 4. The van der Waals surface area contributed by atoms with E-state index < -0.39 is 86.8 Å². The zero-order valence-corrected chi connectivity index (χ0v) is 36.2. The van der Waals surface area contributed by atoms with Crippen LogP contribution in [0.1, 0.15) is 129 Å². The van der Waals surface area contributed by atoms with Crippen LogP contribution in [0.2, 0.25) is 0 Å². The summed E-state index contributed by atoms with van der Waals surface area (Å²) in [5, 5.41) is 86.3. The van der Waals surface area contributed by atoms with Gasteiger partial charge in [0.2, 0.25) is 5.91 Å². The van der Waals surface area contributed by atoms with Gasteiger partial charge in [0.05, 0.1) is 32.0 Å². The van der Waals surface area contributed by atoms with Crippen molar-refractivity contribution in [3.63, 3.8) is 0 Å². The standard InChI is InChI=1S/C46H79NO13/c1-3-5-7-9-11-13-15-16-17-18-19-20-22-24-26-28-30-38(51)47-34(35(50)29-27-25-23-21-14-12-10-8-6-4-2)33-57-45-43(56)41(54)44(37(32-49)59-45)60-46-42(55)40(53)39(52)36(31-48)58-46/h6,8,13-15,17-18,21,27,29,34-37,39-46,48-50,52-56H,3-5,7,9-12,16,19-20,22-26,28,30-33H2,1-2H3,(H,47,51)/b8-6+,15-13-,18-17-,21-14+,29-27+. The largest absolute Gasteiger partial charge is 0.394 e. The van der Waals surface area contributed by atoms with Gasteiger partial charge in [0.1, 0.15) is 48.8 Å². The summed E-state index contributed by atoms with van der Waals surface area (Å²) in [6.07, 6.45) is 21.4. The van der Waals surface area contributed by atoms with E-state index in [0.29, 0.717) is 12.8 Å². The van der Waals surface area contributed by atoms with Crippen LogP contribution < -0.4 is 5.32 Å². The topological polar surface area (TPSA) is 228 Å². The van der Waals surface area contributed by atoms with E-state index in [2.05, 4.69) is 67.8 Å². The van der Waals surface area contributed by atoms with Crippen LogP contribution in [0, 0.1) is 0 Å². The van der Waals surface area contributed by atoms with Crippen molar-refractivity contribution < 1.29 is 64.6 Å². The van der Waals surface area contributed by atoms with Crippen molar-refractivity contribution >= 4 is 5.91 Å². The van der Waals surface area contributed by atoms with E-state index in [4.69, 9.17) is 18.9 Å².